The highest BCUT2D eigenvalue weighted by atomic mass is 32.2. The topological polar surface area (TPSA) is 66.5 Å². The highest BCUT2D eigenvalue weighted by molar-refractivity contribution is 7.88. The molecule has 1 unspecified atom stereocenters. The van der Waals surface area contributed by atoms with Crippen molar-refractivity contribution in [2.75, 3.05) is 19.3 Å². The van der Waals surface area contributed by atoms with Crippen LogP contribution in [0.5, 0.6) is 0 Å². The zero-order chi connectivity index (χ0) is 14.3. The minimum Gasteiger partial charge on any atom is -0.354 e. The van der Waals surface area contributed by atoms with Crippen molar-refractivity contribution in [3.05, 3.63) is 0 Å². The van der Waals surface area contributed by atoms with Gasteiger partial charge in [-0.25, -0.2) is 12.7 Å². The molecule has 1 aliphatic heterocycles. The molecule has 110 valence electrons. The second-order valence-corrected chi connectivity index (χ2v) is 8.32. The minimum atomic E-state index is -3.21. The second-order valence-electron chi connectivity index (χ2n) is 6.34. The molecule has 1 aliphatic carbocycles. The van der Waals surface area contributed by atoms with Crippen molar-refractivity contribution < 1.29 is 13.2 Å². The fourth-order valence-electron chi connectivity index (χ4n) is 3.51. The SMILES string of the molecule is CC(C)NC(=O)C1CN(S(C)(=O)=O)CC12CCCC2. The summed E-state index contributed by atoms with van der Waals surface area (Å²) in [4.78, 5) is 12.4. The maximum absolute atomic E-state index is 12.4. The van der Waals surface area contributed by atoms with Gasteiger partial charge < -0.3 is 5.32 Å². The van der Waals surface area contributed by atoms with E-state index in [1.165, 1.54) is 10.6 Å². The van der Waals surface area contributed by atoms with Crippen molar-refractivity contribution in [2.24, 2.45) is 11.3 Å². The Hall–Kier alpha value is -0.620. The number of sulfonamides is 1. The molecular formula is C13H24N2O3S. The maximum Gasteiger partial charge on any atom is 0.225 e. The van der Waals surface area contributed by atoms with Gasteiger partial charge in [0.2, 0.25) is 15.9 Å². The van der Waals surface area contributed by atoms with Crippen LogP contribution in [0, 0.1) is 11.3 Å². The molecule has 0 aromatic rings. The van der Waals surface area contributed by atoms with E-state index in [4.69, 9.17) is 0 Å². The summed E-state index contributed by atoms with van der Waals surface area (Å²) >= 11 is 0. The van der Waals surface area contributed by atoms with E-state index in [2.05, 4.69) is 5.32 Å². The van der Waals surface area contributed by atoms with Crippen LogP contribution in [-0.4, -0.2) is 44.0 Å². The first-order valence-corrected chi connectivity index (χ1v) is 8.85. The predicted molar refractivity (Wildman–Crippen MR) is 74.1 cm³/mol. The lowest BCUT2D eigenvalue weighted by Crippen LogP contribution is -2.42. The molecule has 2 fully saturated rings. The number of hydrogen-bond donors (Lipinski definition) is 1. The van der Waals surface area contributed by atoms with Gasteiger partial charge in [0.05, 0.1) is 12.2 Å². The van der Waals surface area contributed by atoms with Gasteiger partial charge in [0.25, 0.3) is 0 Å². The summed E-state index contributed by atoms with van der Waals surface area (Å²) in [6.07, 6.45) is 5.37. The molecular weight excluding hydrogens is 264 g/mol. The number of hydrogen-bond acceptors (Lipinski definition) is 3. The molecule has 2 aliphatic rings. The molecule has 1 heterocycles. The standard InChI is InChI=1S/C13H24N2O3S/c1-10(2)14-12(16)11-8-15(19(3,17)18)9-13(11)6-4-5-7-13/h10-11H,4-9H2,1-3H3,(H,14,16). The Kier molecular flexibility index (Phi) is 3.93. The zero-order valence-electron chi connectivity index (χ0n) is 12.0. The molecule has 0 bridgehead atoms. The van der Waals surface area contributed by atoms with Crippen molar-refractivity contribution in [1.82, 2.24) is 9.62 Å². The normalized spacial score (nSPS) is 27.3. The van der Waals surface area contributed by atoms with Crippen LogP contribution in [0.2, 0.25) is 0 Å². The van der Waals surface area contributed by atoms with E-state index < -0.39 is 10.0 Å². The third-order valence-corrected chi connectivity index (χ3v) is 5.65. The predicted octanol–water partition coefficient (Wildman–Crippen LogP) is 0.963. The fraction of sp³-hybridized carbons (Fsp3) is 0.923. The van der Waals surface area contributed by atoms with Crippen LogP contribution in [0.25, 0.3) is 0 Å². The van der Waals surface area contributed by atoms with Gasteiger partial charge in [0, 0.05) is 19.1 Å². The largest absolute Gasteiger partial charge is 0.354 e. The highest BCUT2D eigenvalue weighted by Crippen LogP contribution is 2.49. The summed E-state index contributed by atoms with van der Waals surface area (Å²) in [5.41, 5.74) is -0.123. The zero-order valence-corrected chi connectivity index (χ0v) is 12.8. The Labute approximate surface area is 115 Å². The van der Waals surface area contributed by atoms with E-state index in [9.17, 15) is 13.2 Å². The first-order valence-electron chi connectivity index (χ1n) is 7.00. The van der Waals surface area contributed by atoms with Gasteiger partial charge in [-0.15, -0.1) is 0 Å². The summed E-state index contributed by atoms with van der Waals surface area (Å²) in [5, 5.41) is 2.95. The quantitative estimate of drug-likeness (QED) is 0.841. The van der Waals surface area contributed by atoms with Crippen LogP contribution in [-0.2, 0) is 14.8 Å². The smallest absolute Gasteiger partial charge is 0.225 e. The summed E-state index contributed by atoms with van der Waals surface area (Å²) in [7, 11) is -3.21. The lowest BCUT2D eigenvalue weighted by molar-refractivity contribution is -0.128. The molecule has 0 aromatic heterocycles. The minimum absolute atomic E-state index is 0.0167. The van der Waals surface area contributed by atoms with Gasteiger partial charge in [0.1, 0.15) is 0 Å². The van der Waals surface area contributed by atoms with Crippen LogP contribution in [0.3, 0.4) is 0 Å². The van der Waals surface area contributed by atoms with Crippen LogP contribution >= 0.6 is 0 Å². The molecule has 19 heavy (non-hydrogen) atoms. The Morgan fingerprint density at radius 1 is 1.32 bits per heavy atom. The molecule has 1 N–H and O–H groups in total. The molecule has 1 spiro atoms. The molecule has 6 heteroatoms. The number of nitrogens with one attached hydrogen (secondary N) is 1. The van der Waals surface area contributed by atoms with Gasteiger partial charge in [-0.05, 0) is 32.1 Å². The average molecular weight is 288 g/mol. The molecule has 1 saturated heterocycles. The monoisotopic (exact) mass is 288 g/mol. The van der Waals surface area contributed by atoms with Crippen LogP contribution in [0.15, 0.2) is 0 Å². The molecule has 1 atom stereocenters. The first-order chi connectivity index (χ1) is 8.74. The Morgan fingerprint density at radius 3 is 2.37 bits per heavy atom. The van der Waals surface area contributed by atoms with Gasteiger partial charge in [-0.2, -0.15) is 0 Å². The van der Waals surface area contributed by atoms with Crippen molar-refractivity contribution in [3.63, 3.8) is 0 Å². The molecule has 0 aromatic carbocycles. The Bertz CT molecular complexity index is 453. The van der Waals surface area contributed by atoms with E-state index in [0.717, 1.165) is 25.7 Å². The average Bonchev–Trinajstić information content (AvgIpc) is 2.85. The lowest BCUT2D eigenvalue weighted by Gasteiger charge is -2.29. The summed E-state index contributed by atoms with van der Waals surface area (Å²) < 4.78 is 25.0. The Morgan fingerprint density at radius 2 is 1.89 bits per heavy atom. The summed E-state index contributed by atoms with van der Waals surface area (Å²) in [6, 6.07) is 0.0956. The second kappa shape index (κ2) is 5.05. The summed E-state index contributed by atoms with van der Waals surface area (Å²) in [6.45, 7) is 4.73. The van der Waals surface area contributed by atoms with Crippen LogP contribution < -0.4 is 5.32 Å². The number of carbonyl (C=O) groups excluding carboxylic acids is 1. The first kappa shape index (κ1) is 14.8. The van der Waals surface area contributed by atoms with Crippen molar-refractivity contribution in [2.45, 2.75) is 45.6 Å². The van der Waals surface area contributed by atoms with E-state index in [1.54, 1.807) is 0 Å². The summed E-state index contributed by atoms with van der Waals surface area (Å²) in [5.74, 6) is -0.171. The van der Waals surface area contributed by atoms with Gasteiger partial charge in [-0.1, -0.05) is 12.8 Å². The highest BCUT2D eigenvalue weighted by Gasteiger charge is 2.53. The molecule has 5 nitrogen and oxygen atoms in total. The van der Waals surface area contributed by atoms with Crippen molar-refractivity contribution in [3.8, 4) is 0 Å². The molecule has 0 radical (unpaired) electrons. The number of nitrogens with zero attached hydrogens (tertiary/aromatic N) is 1. The van der Waals surface area contributed by atoms with Crippen molar-refractivity contribution >= 4 is 15.9 Å². The van der Waals surface area contributed by atoms with Gasteiger partial charge in [0.15, 0.2) is 0 Å². The third kappa shape index (κ3) is 2.94. The number of amides is 1. The molecule has 1 amide bonds. The molecule has 1 saturated carbocycles. The van der Waals surface area contributed by atoms with E-state index in [-0.39, 0.29) is 23.3 Å². The number of carbonyl (C=O) groups is 1. The Balaban J connectivity index is 2.22. The third-order valence-electron chi connectivity index (χ3n) is 4.43. The van der Waals surface area contributed by atoms with Gasteiger partial charge >= 0.3 is 0 Å². The van der Waals surface area contributed by atoms with Crippen LogP contribution in [0.4, 0.5) is 0 Å². The van der Waals surface area contributed by atoms with E-state index >= 15 is 0 Å². The van der Waals surface area contributed by atoms with Gasteiger partial charge in [-0.3, -0.25) is 4.79 Å². The van der Waals surface area contributed by atoms with Crippen molar-refractivity contribution in [1.29, 1.82) is 0 Å². The number of rotatable bonds is 3. The maximum atomic E-state index is 12.4. The van der Waals surface area contributed by atoms with Crippen LogP contribution in [0.1, 0.15) is 39.5 Å². The fourth-order valence-corrected chi connectivity index (χ4v) is 4.42. The van der Waals surface area contributed by atoms with E-state index in [0.29, 0.717) is 13.1 Å². The molecule has 2 rings (SSSR count). The lowest BCUT2D eigenvalue weighted by atomic mass is 9.76. The van der Waals surface area contributed by atoms with E-state index in [1.807, 2.05) is 13.8 Å².